The molecule has 0 fully saturated rings. The van der Waals surface area contributed by atoms with Gasteiger partial charge in [-0.05, 0) is 72.5 Å². The van der Waals surface area contributed by atoms with Crippen LogP contribution in [0.25, 0.3) is 22.2 Å². The zero-order valence-corrected chi connectivity index (χ0v) is 17.4. The zero-order valence-electron chi connectivity index (χ0n) is 17.4. The Morgan fingerprint density at radius 3 is 2.25 bits per heavy atom. The number of allylic oxidation sites excluding steroid dienone is 2. The average molecular weight is 428 g/mol. The molecule has 0 spiro atoms. The van der Waals surface area contributed by atoms with Crippen LogP contribution in [-0.4, -0.2) is 9.97 Å². The van der Waals surface area contributed by atoms with Gasteiger partial charge in [0, 0.05) is 23.5 Å². The standard InChI is InChI=1S/C27H19F3N2/c1-2-3-4-5-19-16-31-27(32-17-19)22-14-25(29)24(26(30)15-22)11-7-18-6-8-21-13-23(28)10-9-20(21)12-18/h2-3,6,8-10,12-17H,4-5H2,1H3/b3-2+. The molecule has 0 N–H and O–H groups in total. The fourth-order valence-electron chi connectivity index (χ4n) is 3.30. The van der Waals surface area contributed by atoms with Crippen molar-refractivity contribution in [3.63, 3.8) is 0 Å². The summed E-state index contributed by atoms with van der Waals surface area (Å²) in [5.74, 6) is 3.71. The molecule has 158 valence electrons. The minimum Gasteiger partial charge on any atom is -0.236 e. The lowest BCUT2D eigenvalue weighted by Crippen LogP contribution is -1.96. The Morgan fingerprint density at radius 1 is 0.844 bits per heavy atom. The van der Waals surface area contributed by atoms with Crippen LogP contribution in [0.5, 0.6) is 0 Å². The lowest BCUT2D eigenvalue weighted by molar-refractivity contribution is 0.578. The van der Waals surface area contributed by atoms with Crippen LogP contribution in [0.1, 0.15) is 30.0 Å². The molecule has 4 aromatic rings. The highest BCUT2D eigenvalue weighted by Gasteiger charge is 2.12. The zero-order chi connectivity index (χ0) is 22.5. The summed E-state index contributed by atoms with van der Waals surface area (Å²) in [6, 6.07) is 11.9. The second kappa shape index (κ2) is 9.49. The van der Waals surface area contributed by atoms with E-state index in [0.717, 1.165) is 29.2 Å². The lowest BCUT2D eigenvalue weighted by atomic mass is 10.1. The summed E-state index contributed by atoms with van der Waals surface area (Å²) in [7, 11) is 0. The molecule has 0 saturated carbocycles. The van der Waals surface area contributed by atoms with Crippen LogP contribution in [0.2, 0.25) is 0 Å². The van der Waals surface area contributed by atoms with E-state index in [4.69, 9.17) is 0 Å². The fourth-order valence-corrected chi connectivity index (χ4v) is 3.30. The number of aryl methyl sites for hydroxylation is 1. The maximum atomic E-state index is 14.6. The quantitative estimate of drug-likeness (QED) is 0.270. The van der Waals surface area contributed by atoms with Crippen LogP contribution in [0.4, 0.5) is 13.2 Å². The number of rotatable bonds is 4. The van der Waals surface area contributed by atoms with Gasteiger partial charge in [-0.25, -0.2) is 23.1 Å². The van der Waals surface area contributed by atoms with Crippen LogP contribution in [0.3, 0.4) is 0 Å². The maximum Gasteiger partial charge on any atom is 0.159 e. The number of halogens is 3. The second-order valence-corrected chi connectivity index (χ2v) is 7.29. The van der Waals surface area contributed by atoms with Crippen molar-refractivity contribution in [2.75, 3.05) is 0 Å². The molecule has 2 nitrogen and oxygen atoms in total. The Kier molecular flexibility index (Phi) is 6.32. The van der Waals surface area contributed by atoms with Gasteiger partial charge < -0.3 is 0 Å². The normalized spacial score (nSPS) is 11.0. The molecule has 0 radical (unpaired) electrons. The summed E-state index contributed by atoms with van der Waals surface area (Å²) in [5, 5.41) is 1.52. The van der Waals surface area contributed by atoms with Crippen LogP contribution in [-0.2, 0) is 6.42 Å². The molecular formula is C27H19F3N2. The van der Waals surface area contributed by atoms with Gasteiger partial charge in [0.25, 0.3) is 0 Å². The molecule has 1 heterocycles. The van der Waals surface area contributed by atoms with Gasteiger partial charge in [-0.15, -0.1) is 0 Å². The van der Waals surface area contributed by atoms with Crippen molar-refractivity contribution in [3.8, 4) is 23.2 Å². The highest BCUT2D eigenvalue weighted by molar-refractivity contribution is 5.84. The van der Waals surface area contributed by atoms with E-state index in [2.05, 4.69) is 27.9 Å². The number of hydrogen-bond acceptors (Lipinski definition) is 2. The van der Waals surface area contributed by atoms with Gasteiger partial charge in [-0.1, -0.05) is 36.1 Å². The first-order valence-corrected chi connectivity index (χ1v) is 10.2. The Balaban J connectivity index is 1.58. The molecule has 0 amide bonds. The van der Waals surface area contributed by atoms with Crippen molar-refractivity contribution in [2.45, 2.75) is 19.8 Å². The first-order valence-electron chi connectivity index (χ1n) is 10.2. The molecule has 0 aliphatic rings. The summed E-state index contributed by atoms with van der Waals surface area (Å²) in [6.07, 6.45) is 9.04. The SMILES string of the molecule is C/C=C/CCc1cnc(-c2cc(F)c(C#Cc3ccc4cc(F)ccc4c3)c(F)c2)nc1. The van der Waals surface area contributed by atoms with Crippen molar-refractivity contribution < 1.29 is 13.2 Å². The van der Waals surface area contributed by atoms with Gasteiger partial charge in [0.15, 0.2) is 5.82 Å². The molecule has 0 aliphatic carbocycles. The molecule has 0 bridgehead atoms. The molecule has 0 unspecified atom stereocenters. The molecule has 1 aromatic heterocycles. The Morgan fingerprint density at radius 2 is 1.53 bits per heavy atom. The minimum absolute atomic E-state index is 0.248. The third-order valence-corrected chi connectivity index (χ3v) is 4.98. The van der Waals surface area contributed by atoms with E-state index in [1.165, 1.54) is 24.3 Å². The van der Waals surface area contributed by atoms with E-state index < -0.39 is 11.6 Å². The van der Waals surface area contributed by atoms with E-state index in [1.807, 2.05) is 13.0 Å². The molecule has 0 aliphatic heterocycles. The van der Waals surface area contributed by atoms with Crippen LogP contribution in [0, 0.1) is 29.3 Å². The summed E-state index contributed by atoms with van der Waals surface area (Å²) in [4.78, 5) is 8.47. The van der Waals surface area contributed by atoms with E-state index in [1.54, 1.807) is 36.7 Å². The number of hydrogen-bond donors (Lipinski definition) is 0. The van der Waals surface area contributed by atoms with Crippen molar-refractivity contribution in [1.29, 1.82) is 0 Å². The summed E-state index contributed by atoms with van der Waals surface area (Å²) < 4.78 is 42.6. The van der Waals surface area contributed by atoms with Gasteiger partial charge >= 0.3 is 0 Å². The number of nitrogens with zero attached hydrogens (tertiary/aromatic N) is 2. The van der Waals surface area contributed by atoms with Gasteiger partial charge in [-0.3, -0.25) is 0 Å². The summed E-state index contributed by atoms with van der Waals surface area (Å²) in [6.45, 7) is 1.96. The monoisotopic (exact) mass is 428 g/mol. The first-order chi connectivity index (χ1) is 15.5. The lowest BCUT2D eigenvalue weighted by Gasteiger charge is -2.05. The smallest absolute Gasteiger partial charge is 0.159 e. The third-order valence-electron chi connectivity index (χ3n) is 4.98. The molecule has 0 atom stereocenters. The Labute approximate surface area is 184 Å². The Hall–Kier alpha value is -3.91. The predicted molar refractivity (Wildman–Crippen MR) is 120 cm³/mol. The average Bonchev–Trinajstić information content (AvgIpc) is 2.79. The maximum absolute atomic E-state index is 14.6. The number of fused-ring (bicyclic) bond motifs is 1. The molecule has 3 aromatic carbocycles. The summed E-state index contributed by atoms with van der Waals surface area (Å²) in [5.41, 5.74) is 1.45. The van der Waals surface area contributed by atoms with Gasteiger partial charge in [-0.2, -0.15) is 0 Å². The van der Waals surface area contributed by atoms with E-state index in [-0.39, 0.29) is 22.8 Å². The van der Waals surface area contributed by atoms with Gasteiger partial charge in [0.05, 0.1) is 5.56 Å². The molecular weight excluding hydrogens is 409 g/mol. The van der Waals surface area contributed by atoms with Crippen molar-refractivity contribution in [1.82, 2.24) is 9.97 Å². The predicted octanol–water partition coefficient (Wildman–Crippen LogP) is 6.62. The molecule has 32 heavy (non-hydrogen) atoms. The molecule has 0 saturated heterocycles. The molecule has 4 rings (SSSR count). The van der Waals surface area contributed by atoms with E-state index in [9.17, 15) is 13.2 Å². The fraction of sp³-hybridized carbons (Fsp3) is 0.111. The third kappa shape index (κ3) is 4.87. The van der Waals surface area contributed by atoms with Crippen molar-refractivity contribution in [2.24, 2.45) is 0 Å². The highest BCUT2D eigenvalue weighted by atomic mass is 19.1. The van der Waals surface area contributed by atoms with Crippen LogP contribution < -0.4 is 0 Å². The van der Waals surface area contributed by atoms with Gasteiger partial charge in [0.1, 0.15) is 17.5 Å². The first kappa shape index (κ1) is 21.3. The van der Waals surface area contributed by atoms with Gasteiger partial charge in [0.2, 0.25) is 0 Å². The molecule has 5 heteroatoms. The van der Waals surface area contributed by atoms with Crippen molar-refractivity contribution >= 4 is 10.8 Å². The van der Waals surface area contributed by atoms with E-state index >= 15 is 0 Å². The van der Waals surface area contributed by atoms with E-state index in [0.29, 0.717) is 5.56 Å². The van der Waals surface area contributed by atoms with Crippen LogP contribution in [0.15, 0.2) is 73.1 Å². The Bertz CT molecular complexity index is 1340. The number of benzene rings is 3. The van der Waals surface area contributed by atoms with Crippen molar-refractivity contribution in [3.05, 3.63) is 107 Å². The minimum atomic E-state index is -0.781. The largest absolute Gasteiger partial charge is 0.236 e. The summed E-state index contributed by atoms with van der Waals surface area (Å²) >= 11 is 0. The topological polar surface area (TPSA) is 25.8 Å². The highest BCUT2D eigenvalue weighted by Crippen LogP contribution is 2.22. The second-order valence-electron chi connectivity index (χ2n) is 7.29. The number of aromatic nitrogens is 2. The van der Waals surface area contributed by atoms with Crippen LogP contribution >= 0.6 is 0 Å².